The molecule has 2 aromatic heterocycles. The lowest BCUT2D eigenvalue weighted by Gasteiger charge is -2.35. The summed E-state index contributed by atoms with van der Waals surface area (Å²) < 4.78 is 6.01. The quantitative estimate of drug-likeness (QED) is 0.552. The maximum Gasteiger partial charge on any atom is 0.269 e. The van der Waals surface area contributed by atoms with Gasteiger partial charge in [-0.15, -0.1) is 0 Å². The fraction of sp³-hybridized carbons (Fsp3) is 0.250. The van der Waals surface area contributed by atoms with Crippen LogP contribution in [0.5, 0.6) is 0 Å². The van der Waals surface area contributed by atoms with Gasteiger partial charge in [0, 0.05) is 55.8 Å². The summed E-state index contributed by atoms with van der Waals surface area (Å²) in [4.78, 5) is 16.9. The molecule has 0 bridgehead atoms. The van der Waals surface area contributed by atoms with Crippen LogP contribution in [0.1, 0.15) is 17.4 Å². The second kappa shape index (κ2) is 7.69. The molecule has 1 aliphatic rings. The highest BCUT2D eigenvalue weighted by atomic mass is 16.6. The van der Waals surface area contributed by atoms with Crippen LogP contribution >= 0.6 is 0 Å². The number of rotatable bonds is 5. The minimum absolute atomic E-state index is 0.0755. The number of nitrogens with one attached hydrogen (secondary N) is 1. The Balaban J connectivity index is 1.50. The first-order valence-corrected chi connectivity index (χ1v) is 8.89. The fourth-order valence-corrected chi connectivity index (χ4v) is 3.42. The Morgan fingerprint density at radius 2 is 1.93 bits per heavy atom. The van der Waals surface area contributed by atoms with Crippen molar-refractivity contribution >= 4 is 5.69 Å². The van der Waals surface area contributed by atoms with E-state index in [4.69, 9.17) is 4.42 Å². The van der Waals surface area contributed by atoms with Crippen LogP contribution in [0.25, 0.3) is 11.3 Å². The third kappa shape index (κ3) is 3.89. The third-order valence-corrected chi connectivity index (χ3v) is 4.83. The van der Waals surface area contributed by atoms with Gasteiger partial charge < -0.3 is 9.73 Å². The van der Waals surface area contributed by atoms with Crippen LogP contribution in [0.2, 0.25) is 0 Å². The second-order valence-electron chi connectivity index (χ2n) is 6.54. The Hall–Kier alpha value is -3.03. The SMILES string of the molecule is O=[N+]([O-])c1ccc(-c2ccc(CN3CCNCC3c3ccncc3)o2)cc1. The minimum atomic E-state index is -0.402. The molecule has 1 fully saturated rings. The lowest BCUT2D eigenvalue weighted by atomic mass is 10.0. The molecule has 1 unspecified atom stereocenters. The van der Waals surface area contributed by atoms with Crippen molar-refractivity contribution in [3.05, 3.63) is 82.4 Å². The molecule has 0 aliphatic carbocycles. The molecular formula is C20H20N4O3. The molecule has 138 valence electrons. The molecule has 27 heavy (non-hydrogen) atoms. The number of pyridine rings is 1. The van der Waals surface area contributed by atoms with E-state index in [1.807, 2.05) is 24.5 Å². The van der Waals surface area contributed by atoms with Gasteiger partial charge in [-0.2, -0.15) is 0 Å². The fourth-order valence-electron chi connectivity index (χ4n) is 3.42. The third-order valence-electron chi connectivity index (χ3n) is 4.83. The van der Waals surface area contributed by atoms with Crippen LogP contribution in [-0.4, -0.2) is 34.4 Å². The lowest BCUT2D eigenvalue weighted by Crippen LogP contribution is -2.45. The molecule has 0 spiro atoms. The molecule has 7 nitrogen and oxygen atoms in total. The van der Waals surface area contributed by atoms with Gasteiger partial charge in [-0.3, -0.25) is 20.0 Å². The van der Waals surface area contributed by atoms with Gasteiger partial charge in [0.05, 0.1) is 11.5 Å². The summed E-state index contributed by atoms with van der Waals surface area (Å²) in [6, 6.07) is 14.7. The number of furan rings is 1. The average molecular weight is 364 g/mol. The highest BCUT2D eigenvalue weighted by Gasteiger charge is 2.24. The van der Waals surface area contributed by atoms with Crippen LogP contribution in [0.15, 0.2) is 65.3 Å². The predicted molar refractivity (Wildman–Crippen MR) is 101 cm³/mol. The van der Waals surface area contributed by atoms with Crippen LogP contribution in [-0.2, 0) is 6.54 Å². The highest BCUT2D eigenvalue weighted by Crippen LogP contribution is 2.28. The molecule has 3 aromatic rings. The Labute approximate surface area is 156 Å². The van der Waals surface area contributed by atoms with Crippen molar-refractivity contribution in [2.45, 2.75) is 12.6 Å². The van der Waals surface area contributed by atoms with E-state index in [0.29, 0.717) is 6.54 Å². The van der Waals surface area contributed by atoms with E-state index >= 15 is 0 Å². The van der Waals surface area contributed by atoms with Gasteiger partial charge in [0.25, 0.3) is 5.69 Å². The summed E-state index contributed by atoms with van der Waals surface area (Å²) in [5.74, 6) is 1.60. The number of hydrogen-bond acceptors (Lipinski definition) is 6. The average Bonchev–Trinajstić information content (AvgIpc) is 3.18. The van der Waals surface area contributed by atoms with E-state index in [1.54, 1.807) is 12.1 Å². The van der Waals surface area contributed by atoms with Gasteiger partial charge in [0.1, 0.15) is 11.5 Å². The molecule has 0 amide bonds. The van der Waals surface area contributed by atoms with E-state index in [1.165, 1.54) is 17.7 Å². The zero-order chi connectivity index (χ0) is 18.6. The summed E-state index contributed by atoms with van der Waals surface area (Å²) >= 11 is 0. The Morgan fingerprint density at radius 1 is 1.15 bits per heavy atom. The van der Waals surface area contributed by atoms with Crippen molar-refractivity contribution in [3.8, 4) is 11.3 Å². The van der Waals surface area contributed by atoms with Crippen LogP contribution in [0.4, 0.5) is 5.69 Å². The van der Waals surface area contributed by atoms with E-state index in [-0.39, 0.29) is 11.7 Å². The normalized spacial score (nSPS) is 17.7. The van der Waals surface area contributed by atoms with E-state index < -0.39 is 4.92 Å². The Morgan fingerprint density at radius 3 is 2.67 bits per heavy atom. The molecule has 1 aliphatic heterocycles. The maximum absolute atomic E-state index is 10.8. The molecular weight excluding hydrogens is 344 g/mol. The van der Waals surface area contributed by atoms with Crippen LogP contribution in [0, 0.1) is 10.1 Å². The molecule has 1 aromatic carbocycles. The van der Waals surface area contributed by atoms with Crippen molar-refractivity contribution < 1.29 is 9.34 Å². The predicted octanol–water partition coefficient (Wildman–Crippen LogP) is 3.40. The molecule has 4 rings (SSSR count). The largest absolute Gasteiger partial charge is 0.460 e. The van der Waals surface area contributed by atoms with Gasteiger partial charge in [-0.1, -0.05) is 0 Å². The van der Waals surface area contributed by atoms with Crippen LogP contribution in [0.3, 0.4) is 0 Å². The molecule has 7 heteroatoms. The second-order valence-corrected chi connectivity index (χ2v) is 6.54. The van der Waals surface area contributed by atoms with E-state index in [9.17, 15) is 10.1 Å². The standard InChI is InChI=1S/C20H20N4O3/c25-24(26)17-3-1-16(2-4-17)20-6-5-18(27-20)14-23-12-11-22-13-19(23)15-7-9-21-10-8-15/h1-10,19,22H,11-14H2. The monoisotopic (exact) mass is 364 g/mol. The number of piperazine rings is 1. The van der Waals surface area contributed by atoms with E-state index in [2.05, 4.69) is 27.3 Å². The number of non-ortho nitro benzene ring substituents is 1. The molecule has 1 N–H and O–H groups in total. The first kappa shape index (κ1) is 17.4. The lowest BCUT2D eigenvalue weighted by molar-refractivity contribution is -0.384. The first-order valence-electron chi connectivity index (χ1n) is 8.89. The van der Waals surface area contributed by atoms with Gasteiger partial charge in [-0.25, -0.2) is 0 Å². The number of nitro benzene ring substituents is 1. The van der Waals surface area contributed by atoms with Gasteiger partial charge in [0.2, 0.25) is 0 Å². The van der Waals surface area contributed by atoms with Crippen molar-refractivity contribution in [1.82, 2.24) is 15.2 Å². The molecule has 1 saturated heterocycles. The number of hydrogen-bond donors (Lipinski definition) is 1. The van der Waals surface area contributed by atoms with E-state index in [0.717, 1.165) is 36.7 Å². The smallest absolute Gasteiger partial charge is 0.269 e. The number of benzene rings is 1. The zero-order valence-corrected chi connectivity index (χ0v) is 14.7. The van der Waals surface area contributed by atoms with Gasteiger partial charge >= 0.3 is 0 Å². The number of nitrogens with zero attached hydrogens (tertiary/aromatic N) is 3. The van der Waals surface area contributed by atoms with Gasteiger partial charge in [0.15, 0.2) is 0 Å². The summed E-state index contributed by atoms with van der Waals surface area (Å²) in [5.41, 5.74) is 2.14. The molecule has 0 saturated carbocycles. The van der Waals surface area contributed by atoms with Crippen LogP contribution < -0.4 is 5.32 Å². The highest BCUT2D eigenvalue weighted by molar-refractivity contribution is 5.59. The maximum atomic E-state index is 10.8. The van der Waals surface area contributed by atoms with Crippen molar-refractivity contribution in [3.63, 3.8) is 0 Å². The number of nitro groups is 1. The topological polar surface area (TPSA) is 84.4 Å². The summed E-state index contributed by atoms with van der Waals surface area (Å²) in [6.07, 6.45) is 3.64. The minimum Gasteiger partial charge on any atom is -0.460 e. The van der Waals surface area contributed by atoms with Gasteiger partial charge in [-0.05, 0) is 42.0 Å². The van der Waals surface area contributed by atoms with Crippen molar-refractivity contribution in [2.24, 2.45) is 0 Å². The molecule has 0 radical (unpaired) electrons. The Bertz CT molecular complexity index is 908. The first-order chi connectivity index (χ1) is 13.2. The van der Waals surface area contributed by atoms with Crippen molar-refractivity contribution in [1.29, 1.82) is 0 Å². The molecule has 1 atom stereocenters. The summed E-state index contributed by atoms with van der Waals surface area (Å²) in [6.45, 7) is 3.47. The molecule has 3 heterocycles. The Kier molecular flexibility index (Phi) is 4.95. The summed E-state index contributed by atoms with van der Waals surface area (Å²) in [5, 5.41) is 14.2. The van der Waals surface area contributed by atoms with Crippen molar-refractivity contribution in [2.75, 3.05) is 19.6 Å². The number of aromatic nitrogens is 1. The zero-order valence-electron chi connectivity index (χ0n) is 14.7. The summed E-state index contributed by atoms with van der Waals surface area (Å²) in [7, 11) is 0.